The number of amides is 1. The molecule has 0 aliphatic carbocycles. The zero-order valence-electron chi connectivity index (χ0n) is 14.9. The summed E-state index contributed by atoms with van der Waals surface area (Å²) in [4.78, 5) is 12.6. The van der Waals surface area contributed by atoms with Crippen LogP contribution in [-0.4, -0.2) is 23.2 Å². The van der Waals surface area contributed by atoms with Gasteiger partial charge in [-0.2, -0.15) is 5.10 Å². The second-order valence-electron chi connectivity index (χ2n) is 6.24. The van der Waals surface area contributed by atoms with E-state index >= 15 is 0 Å². The van der Waals surface area contributed by atoms with Crippen LogP contribution in [0.25, 0.3) is 11.1 Å². The predicted octanol–water partition coefficient (Wildman–Crippen LogP) is 5.21. The van der Waals surface area contributed by atoms with Gasteiger partial charge in [-0.25, -0.2) is 0 Å². The van der Waals surface area contributed by atoms with E-state index in [1.54, 1.807) is 37.7 Å². The number of aromatic nitrogens is 2. The van der Waals surface area contributed by atoms with Crippen LogP contribution < -0.4 is 10.1 Å². The van der Waals surface area contributed by atoms with Crippen LogP contribution >= 0.6 is 23.2 Å². The van der Waals surface area contributed by atoms with Crippen LogP contribution in [0.2, 0.25) is 10.0 Å². The van der Waals surface area contributed by atoms with Crippen LogP contribution in [0, 0.1) is 5.92 Å². The Hall–Kier alpha value is -2.50. The van der Waals surface area contributed by atoms with E-state index in [0.717, 1.165) is 16.7 Å². The number of anilines is 1. The minimum atomic E-state index is -0.234. The lowest BCUT2D eigenvalue weighted by atomic mass is 10.00. The second-order valence-corrected chi connectivity index (χ2v) is 7.06. The monoisotopic (exact) mass is 403 g/mol. The third-order valence-corrected chi connectivity index (χ3v) is 4.99. The maximum atomic E-state index is 12.6. The first-order valence-electron chi connectivity index (χ1n) is 8.40. The van der Waals surface area contributed by atoms with Gasteiger partial charge >= 0.3 is 0 Å². The topological polar surface area (TPSA) is 67.0 Å². The number of hydrogen-bond acceptors (Lipinski definition) is 3. The van der Waals surface area contributed by atoms with Gasteiger partial charge in [-0.15, -0.1) is 0 Å². The van der Waals surface area contributed by atoms with Gasteiger partial charge in [0.25, 0.3) is 0 Å². The van der Waals surface area contributed by atoms with Gasteiger partial charge in [0, 0.05) is 35.0 Å². The quantitative estimate of drug-likeness (QED) is 0.593. The number of carbonyl (C=O) groups is 1. The van der Waals surface area contributed by atoms with Crippen LogP contribution in [0.15, 0.2) is 48.8 Å². The van der Waals surface area contributed by atoms with Gasteiger partial charge in [0.15, 0.2) is 0 Å². The maximum absolute atomic E-state index is 12.6. The normalized spacial score (nSPS) is 11.9. The molecule has 0 saturated carbocycles. The predicted molar refractivity (Wildman–Crippen MR) is 109 cm³/mol. The summed E-state index contributed by atoms with van der Waals surface area (Å²) in [5.74, 6) is 0.340. The zero-order chi connectivity index (χ0) is 19.4. The number of carbonyl (C=O) groups excluding carboxylic acids is 1. The molecule has 0 aliphatic rings. The van der Waals surface area contributed by atoms with E-state index in [1.807, 2.05) is 25.1 Å². The van der Waals surface area contributed by atoms with Crippen LogP contribution in [0.4, 0.5) is 5.69 Å². The van der Waals surface area contributed by atoms with Crippen molar-refractivity contribution in [1.29, 1.82) is 0 Å². The van der Waals surface area contributed by atoms with Gasteiger partial charge in [-0.3, -0.25) is 9.89 Å². The Morgan fingerprint density at radius 3 is 2.70 bits per heavy atom. The third kappa shape index (κ3) is 4.62. The van der Waals surface area contributed by atoms with Gasteiger partial charge < -0.3 is 10.1 Å². The minimum Gasteiger partial charge on any atom is -0.496 e. The molecule has 0 unspecified atom stereocenters. The Morgan fingerprint density at radius 1 is 1.22 bits per heavy atom. The molecule has 3 aromatic rings. The van der Waals surface area contributed by atoms with Crippen LogP contribution in [0.1, 0.15) is 12.5 Å². The van der Waals surface area contributed by atoms with E-state index in [0.29, 0.717) is 27.9 Å². The lowest BCUT2D eigenvalue weighted by Crippen LogP contribution is -2.22. The molecular formula is C20H19Cl2N3O2. The van der Waals surface area contributed by atoms with Crippen molar-refractivity contribution in [2.24, 2.45) is 5.92 Å². The Bertz CT molecular complexity index is 942. The van der Waals surface area contributed by atoms with Gasteiger partial charge in [0.2, 0.25) is 5.91 Å². The molecule has 1 amide bonds. The molecule has 2 N–H and O–H groups in total. The number of H-pyrrole nitrogens is 1. The zero-order valence-corrected chi connectivity index (χ0v) is 16.4. The first-order valence-corrected chi connectivity index (χ1v) is 9.15. The molecule has 27 heavy (non-hydrogen) atoms. The highest BCUT2D eigenvalue weighted by molar-refractivity contribution is 6.42. The van der Waals surface area contributed by atoms with Crippen molar-refractivity contribution in [3.63, 3.8) is 0 Å². The van der Waals surface area contributed by atoms with Gasteiger partial charge in [0.05, 0.1) is 23.4 Å². The summed E-state index contributed by atoms with van der Waals surface area (Å²) in [5, 5.41) is 10.7. The highest BCUT2D eigenvalue weighted by atomic mass is 35.5. The second kappa shape index (κ2) is 8.46. The Balaban J connectivity index is 1.70. The summed E-state index contributed by atoms with van der Waals surface area (Å²) < 4.78 is 5.45. The number of aromatic amines is 1. The van der Waals surface area contributed by atoms with E-state index in [2.05, 4.69) is 15.5 Å². The smallest absolute Gasteiger partial charge is 0.227 e. The molecule has 1 heterocycles. The lowest BCUT2D eigenvalue weighted by molar-refractivity contribution is -0.119. The van der Waals surface area contributed by atoms with Crippen molar-refractivity contribution in [1.82, 2.24) is 10.2 Å². The van der Waals surface area contributed by atoms with E-state index in [4.69, 9.17) is 27.9 Å². The number of hydrogen-bond donors (Lipinski definition) is 2. The van der Waals surface area contributed by atoms with Crippen molar-refractivity contribution >= 4 is 34.8 Å². The fraction of sp³-hybridized carbons (Fsp3) is 0.200. The standard InChI is InChI=1S/C20H19Cl2N3O2/c1-12(7-13-3-6-17(21)18(22)8-13)20(26)25-15-4-5-16(19(9-15)27-2)14-10-23-24-11-14/h3-6,8-12H,7H2,1-2H3,(H,23,24)(H,25,26)/t12-/m1/s1. The number of halogens is 2. The molecule has 7 heteroatoms. The molecule has 0 saturated heterocycles. The average Bonchev–Trinajstić information content (AvgIpc) is 3.19. The van der Waals surface area contributed by atoms with Gasteiger partial charge in [0.1, 0.15) is 5.75 Å². The molecule has 5 nitrogen and oxygen atoms in total. The average molecular weight is 404 g/mol. The summed E-state index contributed by atoms with van der Waals surface area (Å²) in [6.07, 6.45) is 4.07. The molecule has 0 radical (unpaired) electrons. The Labute approximate surface area is 167 Å². The number of nitrogens with zero attached hydrogens (tertiary/aromatic N) is 1. The van der Waals surface area contributed by atoms with Crippen molar-refractivity contribution in [2.45, 2.75) is 13.3 Å². The molecule has 140 valence electrons. The van der Waals surface area contributed by atoms with Crippen molar-refractivity contribution < 1.29 is 9.53 Å². The molecule has 3 rings (SSSR count). The van der Waals surface area contributed by atoms with Crippen molar-refractivity contribution in [2.75, 3.05) is 12.4 Å². The molecular weight excluding hydrogens is 385 g/mol. The molecule has 0 spiro atoms. The van der Waals surface area contributed by atoms with Gasteiger partial charge in [-0.05, 0) is 36.2 Å². The summed E-state index contributed by atoms with van der Waals surface area (Å²) in [7, 11) is 1.59. The van der Waals surface area contributed by atoms with Crippen LogP contribution in [-0.2, 0) is 11.2 Å². The Kier molecular flexibility index (Phi) is 6.04. The summed E-state index contributed by atoms with van der Waals surface area (Å²) >= 11 is 12.0. The number of ether oxygens (including phenoxy) is 1. The summed E-state index contributed by atoms with van der Waals surface area (Å²) in [5.41, 5.74) is 3.44. The fourth-order valence-electron chi connectivity index (χ4n) is 2.78. The molecule has 0 bridgehead atoms. The molecule has 0 aliphatic heterocycles. The number of rotatable bonds is 6. The minimum absolute atomic E-state index is 0.0841. The SMILES string of the molecule is COc1cc(NC(=O)[C@H](C)Cc2ccc(Cl)c(Cl)c2)ccc1-c1cn[nH]c1. The lowest BCUT2D eigenvalue weighted by Gasteiger charge is -2.14. The molecule has 1 aromatic heterocycles. The van der Waals surface area contributed by atoms with E-state index in [-0.39, 0.29) is 11.8 Å². The first kappa shape index (κ1) is 19.3. The summed E-state index contributed by atoms with van der Waals surface area (Å²) in [6, 6.07) is 10.9. The molecule has 0 fully saturated rings. The summed E-state index contributed by atoms with van der Waals surface area (Å²) in [6.45, 7) is 1.87. The van der Waals surface area contributed by atoms with E-state index < -0.39 is 0 Å². The first-order chi connectivity index (χ1) is 13.0. The number of methoxy groups -OCH3 is 1. The maximum Gasteiger partial charge on any atom is 0.227 e. The third-order valence-electron chi connectivity index (χ3n) is 4.25. The van der Waals surface area contributed by atoms with E-state index in [1.165, 1.54) is 0 Å². The number of benzene rings is 2. The van der Waals surface area contributed by atoms with Crippen LogP contribution in [0.3, 0.4) is 0 Å². The fourth-order valence-corrected chi connectivity index (χ4v) is 3.10. The van der Waals surface area contributed by atoms with Crippen molar-refractivity contribution in [3.8, 4) is 16.9 Å². The Morgan fingerprint density at radius 2 is 2.04 bits per heavy atom. The van der Waals surface area contributed by atoms with Gasteiger partial charge in [-0.1, -0.05) is 36.2 Å². The van der Waals surface area contributed by atoms with E-state index in [9.17, 15) is 4.79 Å². The highest BCUT2D eigenvalue weighted by Crippen LogP contribution is 2.32. The van der Waals surface area contributed by atoms with Crippen LogP contribution in [0.5, 0.6) is 5.75 Å². The number of nitrogens with one attached hydrogen (secondary N) is 2. The molecule has 2 aromatic carbocycles. The largest absolute Gasteiger partial charge is 0.496 e. The van der Waals surface area contributed by atoms with Crippen molar-refractivity contribution in [3.05, 3.63) is 64.4 Å². The molecule has 1 atom stereocenters. The highest BCUT2D eigenvalue weighted by Gasteiger charge is 2.16.